The molecule has 0 aromatic heterocycles. The lowest BCUT2D eigenvalue weighted by Gasteiger charge is -2.33. The zero-order chi connectivity index (χ0) is 16.3. The number of carbonyl (C=O) groups excluding carboxylic acids is 1. The van der Waals surface area contributed by atoms with Crippen molar-refractivity contribution in [1.82, 2.24) is 4.90 Å². The van der Waals surface area contributed by atoms with Gasteiger partial charge in [-0.3, -0.25) is 0 Å². The Hall–Kier alpha value is -1.62. The number of rotatable bonds is 2. The van der Waals surface area contributed by atoms with Crippen molar-refractivity contribution in [2.45, 2.75) is 45.1 Å². The van der Waals surface area contributed by atoms with Gasteiger partial charge in [0.25, 0.3) is 0 Å². The summed E-state index contributed by atoms with van der Waals surface area (Å²) in [6.07, 6.45) is 1.69. The highest BCUT2D eigenvalue weighted by molar-refractivity contribution is 7.80. The number of benzene rings is 1. The normalized spacial score (nSPS) is 16.4. The number of nitrogens with zero attached hydrogens (tertiary/aromatic N) is 1. The molecule has 0 spiro atoms. The third-order valence-electron chi connectivity index (χ3n) is 3.81. The lowest BCUT2D eigenvalue weighted by Crippen LogP contribution is -2.41. The number of amides is 1. The third kappa shape index (κ3) is 4.44. The minimum atomic E-state index is -0.440. The first-order chi connectivity index (χ1) is 10.3. The molecule has 0 atom stereocenters. The van der Waals surface area contributed by atoms with Gasteiger partial charge in [-0.15, -0.1) is 0 Å². The van der Waals surface area contributed by atoms with Gasteiger partial charge in [-0.1, -0.05) is 36.5 Å². The molecule has 1 saturated heterocycles. The Labute approximate surface area is 137 Å². The number of piperidine rings is 1. The molecule has 1 amide bonds. The summed E-state index contributed by atoms with van der Waals surface area (Å²) < 4.78 is 5.42. The number of hydrogen-bond acceptors (Lipinski definition) is 3. The molecule has 0 aliphatic carbocycles. The maximum Gasteiger partial charge on any atom is 0.410 e. The van der Waals surface area contributed by atoms with E-state index in [9.17, 15) is 4.79 Å². The fraction of sp³-hybridized carbons (Fsp3) is 0.529. The van der Waals surface area contributed by atoms with Crippen LogP contribution in [0.25, 0.3) is 0 Å². The predicted molar refractivity (Wildman–Crippen MR) is 92.1 cm³/mol. The summed E-state index contributed by atoms with van der Waals surface area (Å²) in [5, 5.41) is 0. The van der Waals surface area contributed by atoms with Crippen molar-refractivity contribution < 1.29 is 9.53 Å². The van der Waals surface area contributed by atoms with Crippen LogP contribution in [0.3, 0.4) is 0 Å². The second-order valence-electron chi connectivity index (χ2n) is 6.73. The summed E-state index contributed by atoms with van der Waals surface area (Å²) in [7, 11) is 0. The van der Waals surface area contributed by atoms with Crippen LogP contribution in [0.4, 0.5) is 4.79 Å². The van der Waals surface area contributed by atoms with Crippen molar-refractivity contribution in [3.8, 4) is 0 Å². The fourth-order valence-electron chi connectivity index (χ4n) is 2.64. The SMILES string of the molecule is CC(C)(C)OC(=O)N1CCC(c2ccc(C(N)=S)cc2)CC1. The zero-order valence-corrected chi connectivity index (χ0v) is 14.3. The lowest BCUT2D eigenvalue weighted by atomic mass is 9.89. The van der Waals surface area contributed by atoms with Gasteiger partial charge in [0.2, 0.25) is 0 Å². The van der Waals surface area contributed by atoms with E-state index < -0.39 is 5.60 Å². The molecule has 4 nitrogen and oxygen atoms in total. The van der Waals surface area contributed by atoms with Crippen molar-refractivity contribution in [1.29, 1.82) is 0 Å². The molecule has 2 N–H and O–H groups in total. The van der Waals surface area contributed by atoms with Gasteiger partial charge in [0.15, 0.2) is 0 Å². The minimum absolute atomic E-state index is 0.213. The molecule has 1 fully saturated rings. The first-order valence-corrected chi connectivity index (χ1v) is 8.05. The van der Waals surface area contributed by atoms with Crippen molar-refractivity contribution >= 4 is 23.3 Å². The van der Waals surface area contributed by atoms with Crippen LogP contribution in [0.5, 0.6) is 0 Å². The Morgan fingerprint density at radius 1 is 1.23 bits per heavy atom. The highest BCUT2D eigenvalue weighted by Gasteiger charge is 2.27. The standard InChI is InChI=1S/C17H24N2O2S/c1-17(2,3)21-16(20)19-10-8-13(9-11-19)12-4-6-14(7-5-12)15(18)22/h4-7,13H,8-11H2,1-3H3,(H2,18,22). The number of likely N-dealkylation sites (tertiary alicyclic amines) is 1. The zero-order valence-electron chi connectivity index (χ0n) is 13.5. The molecule has 0 saturated carbocycles. The highest BCUT2D eigenvalue weighted by atomic mass is 32.1. The van der Waals surface area contributed by atoms with Gasteiger partial charge in [-0.05, 0) is 45.1 Å². The van der Waals surface area contributed by atoms with Crippen LogP contribution in [0.1, 0.15) is 50.7 Å². The van der Waals surface area contributed by atoms with Crippen molar-refractivity contribution in [2.24, 2.45) is 5.73 Å². The van der Waals surface area contributed by atoms with E-state index in [1.807, 2.05) is 32.9 Å². The van der Waals surface area contributed by atoms with Gasteiger partial charge in [0, 0.05) is 18.7 Å². The first kappa shape index (κ1) is 16.7. The summed E-state index contributed by atoms with van der Waals surface area (Å²) >= 11 is 4.97. The molecular formula is C17H24N2O2S. The van der Waals surface area contributed by atoms with Crippen LogP contribution in [0.2, 0.25) is 0 Å². The van der Waals surface area contributed by atoms with Gasteiger partial charge in [-0.2, -0.15) is 0 Å². The van der Waals surface area contributed by atoms with E-state index in [0.29, 0.717) is 10.9 Å². The number of thiocarbonyl (C=S) groups is 1. The first-order valence-electron chi connectivity index (χ1n) is 7.64. The number of nitrogens with two attached hydrogens (primary N) is 1. The number of carbonyl (C=O) groups is 1. The Balaban J connectivity index is 1.91. The molecule has 1 aliphatic rings. The van der Waals surface area contributed by atoms with Crippen LogP contribution in [0.15, 0.2) is 24.3 Å². The second-order valence-corrected chi connectivity index (χ2v) is 7.17. The summed E-state index contributed by atoms with van der Waals surface area (Å²) in [4.78, 5) is 14.3. The van der Waals surface area contributed by atoms with E-state index in [4.69, 9.17) is 22.7 Å². The van der Waals surface area contributed by atoms with Crippen LogP contribution < -0.4 is 5.73 Å². The molecule has 0 radical (unpaired) electrons. The molecular weight excluding hydrogens is 296 g/mol. The maximum absolute atomic E-state index is 12.1. The Kier molecular flexibility index (Phi) is 5.06. The molecule has 1 aromatic carbocycles. The van der Waals surface area contributed by atoms with E-state index in [1.165, 1.54) is 5.56 Å². The van der Waals surface area contributed by atoms with Gasteiger partial charge in [0.1, 0.15) is 10.6 Å². The predicted octanol–water partition coefficient (Wildman–Crippen LogP) is 3.44. The van der Waals surface area contributed by atoms with Crippen molar-refractivity contribution in [3.05, 3.63) is 35.4 Å². The van der Waals surface area contributed by atoms with Gasteiger partial charge >= 0.3 is 6.09 Å². The highest BCUT2D eigenvalue weighted by Crippen LogP contribution is 2.28. The van der Waals surface area contributed by atoms with Crippen molar-refractivity contribution in [2.75, 3.05) is 13.1 Å². The molecule has 1 aliphatic heterocycles. The molecule has 2 rings (SSSR count). The molecule has 1 aromatic rings. The summed E-state index contributed by atoms with van der Waals surface area (Å²) in [6.45, 7) is 7.14. The minimum Gasteiger partial charge on any atom is -0.444 e. The Bertz CT molecular complexity index is 541. The average molecular weight is 320 g/mol. The van der Waals surface area contributed by atoms with Gasteiger partial charge in [-0.25, -0.2) is 4.79 Å². The summed E-state index contributed by atoms with van der Waals surface area (Å²) in [6, 6.07) is 8.11. The van der Waals surface area contributed by atoms with Crippen LogP contribution in [-0.2, 0) is 4.74 Å². The maximum atomic E-state index is 12.1. The smallest absolute Gasteiger partial charge is 0.410 e. The van der Waals surface area contributed by atoms with E-state index in [-0.39, 0.29) is 6.09 Å². The molecule has 0 bridgehead atoms. The summed E-state index contributed by atoms with van der Waals surface area (Å²) in [5.41, 5.74) is 7.35. The topological polar surface area (TPSA) is 55.6 Å². The van der Waals surface area contributed by atoms with Gasteiger partial charge < -0.3 is 15.4 Å². The molecule has 0 unspecified atom stereocenters. The van der Waals surface area contributed by atoms with Crippen LogP contribution >= 0.6 is 12.2 Å². The third-order valence-corrected chi connectivity index (χ3v) is 4.05. The van der Waals surface area contributed by atoms with E-state index in [1.54, 1.807) is 4.90 Å². The van der Waals surface area contributed by atoms with E-state index >= 15 is 0 Å². The Morgan fingerprint density at radius 3 is 2.23 bits per heavy atom. The number of hydrogen-bond donors (Lipinski definition) is 1. The van der Waals surface area contributed by atoms with Crippen molar-refractivity contribution in [3.63, 3.8) is 0 Å². The van der Waals surface area contributed by atoms with Gasteiger partial charge in [0.05, 0.1) is 0 Å². The largest absolute Gasteiger partial charge is 0.444 e. The molecule has 1 heterocycles. The monoisotopic (exact) mass is 320 g/mol. The van der Waals surface area contributed by atoms with Crippen LogP contribution in [-0.4, -0.2) is 34.7 Å². The fourth-order valence-corrected chi connectivity index (χ4v) is 2.78. The van der Waals surface area contributed by atoms with E-state index in [0.717, 1.165) is 31.5 Å². The Morgan fingerprint density at radius 2 is 1.77 bits per heavy atom. The molecule has 22 heavy (non-hydrogen) atoms. The molecule has 120 valence electrons. The average Bonchev–Trinajstić information content (AvgIpc) is 2.46. The van der Waals surface area contributed by atoms with E-state index in [2.05, 4.69) is 12.1 Å². The molecule has 5 heteroatoms. The van der Waals surface area contributed by atoms with Crippen LogP contribution in [0, 0.1) is 0 Å². The summed E-state index contributed by atoms with van der Waals surface area (Å²) in [5.74, 6) is 0.471. The lowest BCUT2D eigenvalue weighted by molar-refractivity contribution is 0.0205. The number of ether oxygens (including phenoxy) is 1. The second kappa shape index (κ2) is 6.65. The quantitative estimate of drug-likeness (QED) is 0.848.